The van der Waals surface area contributed by atoms with Crippen LogP contribution in [0, 0.1) is 16.8 Å². The summed E-state index contributed by atoms with van der Waals surface area (Å²) in [6.45, 7) is 0. The van der Waals surface area contributed by atoms with Crippen LogP contribution in [0.3, 0.4) is 0 Å². The number of aromatic nitrogens is 8. The molecule has 198 valence electrons. The third-order valence-corrected chi connectivity index (χ3v) is 6.81. The molecule has 0 amide bonds. The molecule has 0 radical (unpaired) electrons. The van der Waals surface area contributed by atoms with Crippen LogP contribution in [0.25, 0.3) is 28.1 Å². The number of hydrogen-bond acceptors (Lipinski definition) is 6. The molecule has 9 nitrogen and oxygen atoms in total. The summed E-state index contributed by atoms with van der Waals surface area (Å²) in [7, 11) is 0. The predicted molar refractivity (Wildman–Crippen MR) is 142 cm³/mol. The molecule has 6 rings (SSSR count). The van der Waals surface area contributed by atoms with Crippen molar-refractivity contribution < 1.29 is 13.5 Å². The molecule has 4 aromatic heterocycles. The number of rotatable bonds is 7. The van der Waals surface area contributed by atoms with E-state index in [2.05, 4.69) is 25.5 Å². The van der Waals surface area contributed by atoms with E-state index in [1.165, 1.54) is 35.4 Å². The third kappa shape index (κ3) is 4.90. The van der Waals surface area contributed by atoms with Crippen LogP contribution in [0.4, 0.5) is 8.78 Å². The minimum absolute atomic E-state index is 0.0774. The fourth-order valence-electron chi connectivity index (χ4n) is 4.56. The average Bonchev–Trinajstić information content (AvgIpc) is 3.68. The molecule has 0 saturated carbocycles. The minimum atomic E-state index is -0.707. The molecule has 0 aliphatic carbocycles. The summed E-state index contributed by atoms with van der Waals surface area (Å²) in [6.07, 6.45) is 9.81. The summed E-state index contributed by atoms with van der Waals surface area (Å²) in [5.41, 5.74) is 3.44. The molecule has 12 heteroatoms. The van der Waals surface area contributed by atoms with Crippen molar-refractivity contribution in [1.29, 1.82) is 0 Å². The van der Waals surface area contributed by atoms with Crippen molar-refractivity contribution in [2.45, 2.75) is 12.5 Å². The number of imidazole rings is 1. The van der Waals surface area contributed by atoms with Crippen LogP contribution in [-0.4, -0.2) is 34.7 Å². The zero-order valence-electron chi connectivity index (χ0n) is 20.6. The van der Waals surface area contributed by atoms with Crippen molar-refractivity contribution in [3.63, 3.8) is 0 Å². The van der Waals surface area contributed by atoms with E-state index in [4.69, 9.17) is 11.6 Å². The van der Waals surface area contributed by atoms with Crippen LogP contribution in [-0.2, 0) is 6.42 Å². The zero-order chi connectivity index (χ0) is 27.6. The van der Waals surface area contributed by atoms with Crippen LogP contribution in [0.2, 0.25) is 5.02 Å². The van der Waals surface area contributed by atoms with Crippen LogP contribution in [0.5, 0.6) is 0 Å². The number of benzene rings is 2. The van der Waals surface area contributed by atoms with Gasteiger partial charge in [0.1, 0.15) is 18.2 Å². The Hall–Kier alpha value is -5.03. The molecule has 0 saturated heterocycles. The number of hydrogen-bond donors (Lipinski definition) is 0. The van der Waals surface area contributed by atoms with E-state index in [1.54, 1.807) is 49.1 Å². The predicted octanol–water partition coefficient (Wildman–Crippen LogP) is 4.98. The van der Waals surface area contributed by atoms with Crippen molar-refractivity contribution in [2.24, 2.45) is 0 Å². The smallest absolute Gasteiger partial charge is 0.216 e. The highest BCUT2D eigenvalue weighted by atomic mass is 35.5. The van der Waals surface area contributed by atoms with Crippen molar-refractivity contribution in [3.8, 4) is 28.1 Å². The van der Waals surface area contributed by atoms with E-state index < -0.39 is 11.9 Å². The maximum Gasteiger partial charge on any atom is 0.216 e. The Labute approximate surface area is 231 Å². The molecule has 1 atom stereocenters. The monoisotopic (exact) mass is 556 g/mol. The molecule has 0 N–H and O–H groups in total. The normalized spacial score (nSPS) is 12.0. The van der Waals surface area contributed by atoms with Gasteiger partial charge >= 0.3 is 0 Å². The Kier molecular flexibility index (Phi) is 6.71. The third-order valence-electron chi connectivity index (χ3n) is 6.52. The number of nitrogens with zero attached hydrogens (tertiary/aromatic N) is 8. The maximum absolute atomic E-state index is 15.3. The van der Waals surface area contributed by atoms with Gasteiger partial charge in [0.25, 0.3) is 0 Å². The average molecular weight is 557 g/mol. The molecule has 1 unspecified atom stereocenters. The van der Waals surface area contributed by atoms with Gasteiger partial charge in [0, 0.05) is 36.6 Å². The topological polar surface area (TPSA) is 101 Å². The molecule has 40 heavy (non-hydrogen) atoms. The number of halogens is 3. The first-order chi connectivity index (χ1) is 19.5. The highest BCUT2D eigenvalue weighted by molar-refractivity contribution is 6.31. The van der Waals surface area contributed by atoms with Crippen LogP contribution in [0.15, 0.2) is 98.1 Å². The second-order valence-corrected chi connectivity index (χ2v) is 9.37. The second kappa shape index (κ2) is 10.6. The van der Waals surface area contributed by atoms with Crippen LogP contribution < -0.4 is 4.73 Å². The lowest BCUT2D eigenvalue weighted by molar-refractivity contribution is -0.615. The molecular weight excluding hydrogens is 538 g/mol. The van der Waals surface area contributed by atoms with Crippen molar-refractivity contribution >= 4 is 11.6 Å². The van der Waals surface area contributed by atoms with Gasteiger partial charge in [-0.25, -0.2) is 13.8 Å². The lowest BCUT2D eigenvalue weighted by atomic mass is 10.00. The summed E-state index contributed by atoms with van der Waals surface area (Å²) in [5, 5.41) is 24.5. The molecule has 0 fully saturated rings. The molecule has 6 aromatic rings. The van der Waals surface area contributed by atoms with E-state index in [1.807, 2.05) is 22.9 Å². The Bertz CT molecular complexity index is 1780. The zero-order valence-corrected chi connectivity index (χ0v) is 21.4. The fraction of sp³-hybridized carbons (Fsp3) is 0.0714. The van der Waals surface area contributed by atoms with Crippen LogP contribution >= 0.6 is 11.6 Å². The molecule has 2 aromatic carbocycles. The Morgan fingerprint density at radius 1 is 0.925 bits per heavy atom. The number of pyridine rings is 2. The molecule has 0 bridgehead atoms. The Morgan fingerprint density at radius 3 is 2.45 bits per heavy atom. The van der Waals surface area contributed by atoms with E-state index in [0.29, 0.717) is 28.2 Å². The van der Waals surface area contributed by atoms with Gasteiger partial charge < -0.3 is 9.77 Å². The van der Waals surface area contributed by atoms with E-state index in [0.717, 1.165) is 11.1 Å². The van der Waals surface area contributed by atoms with Gasteiger partial charge in [0.15, 0.2) is 12.0 Å². The first-order valence-corrected chi connectivity index (χ1v) is 12.5. The summed E-state index contributed by atoms with van der Waals surface area (Å²) in [5.74, 6) is -1.06. The van der Waals surface area contributed by atoms with Gasteiger partial charge in [-0.15, -0.1) is 5.10 Å². The lowest BCUT2D eigenvalue weighted by Crippen LogP contribution is -2.36. The largest absolute Gasteiger partial charge is 0.618 e. The van der Waals surface area contributed by atoms with Gasteiger partial charge in [-0.2, -0.15) is 9.41 Å². The second-order valence-electron chi connectivity index (χ2n) is 8.97. The van der Waals surface area contributed by atoms with Crippen molar-refractivity contribution in [3.05, 3.63) is 131 Å². The quantitative estimate of drug-likeness (QED) is 0.203. The summed E-state index contributed by atoms with van der Waals surface area (Å²) in [4.78, 5) is 8.57. The molecule has 0 spiro atoms. The van der Waals surface area contributed by atoms with Crippen molar-refractivity contribution in [1.82, 2.24) is 34.7 Å². The maximum atomic E-state index is 15.3. The Morgan fingerprint density at radius 2 is 1.73 bits per heavy atom. The highest BCUT2D eigenvalue weighted by Crippen LogP contribution is 2.33. The lowest BCUT2D eigenvalue weighted by Gasteiger charge is -2.19. The van der Waals surface area contributed by atoms with E-state index >= 15 is 4.39 Å². The van der Waals surface area contributed by atoms with Gasteiger partial charge in [0.2, 0.25) is 5.69 Å². The van der Waals surface area contributed by atoms with E-state index in [9.17, 15) is 9.60 Å². The minimum Gasteiger partial charge on any atom is -0.618 e. The van der Waals surface area contributed by atoms with Crippen LogP contribution in [0.1, 0.15) is 17.3 Å². The highest BCUT2D eigenvalue weighted by Gasteiger charge is 2.26. The standard InChI is InChI=1S/C28H19ClF2N8O/c29-22-6-8-25(38-17-34-35-36-38)27(28(22)31)20-3-7-24(39(40)14-20)26(13-18-1-4-21(30)5-2-18)37-15-23(33-16-37)19-9-11-32-12-10-19/h1-12,14-17,26H,13H2. The number of tetrazole rings is 1. The van der Waals surface area contributed by atoms with Gasteiger partial charge in [-0.05, 0) is 58.5 Å². The summed E-state index contributed by atoms with van der Waals surface area (Å²) >= 11 is 6.09. The first-order valence-electron chi connectivity index (χ1n) is 12.1. The molecule has 4 heterocycles. The SMILES string of the molecule is [O-][n+]1cc(-c2c(-n3cnnn3)ccc(Cl)c2F)ccc1C(Cc1ccc(F)cc1)n1cnc(-c2ccncc2)c1. The fourth-order valence-corrected chi connectivity index (χ4v) is 4.72. The molecular formula is C28H19ClF2N8O. The molecule has 0 aliphatic rings. The first kappa shape index (κ1) is 25.3. The summed E-state index contributed by atoms with van der Waals surface area (Å²) < 4.78 is 32.7. The molecule has 0 aliphatic heterocycles. The van der Waals surface area contributed by atoms with Gasteiger partial charge in [0.05, 0.1) is 33.9 Å². The Balaban J connectivity index is 1.44. The van der Waals surface area contributed by atoms with E-state index in [-0.39, 0.29) is 22.0 Å². The van der Waals surface area contributed by atoms with Crippen molar-refractivity contribution in [2.75, 3.05) is 0 Å². The van der Waals surface area contributed by atoms with Gasteiger partial charge in [-0.1, -0.05) is 23.7 Å². The van der Waals surface area contributed by atoms with Gasteiger partial charge in [-0.3, -0.25) is 4.98 Å². The summed E-state index contributed by atoms with van der Waals surface area (Å²) in [6, 6.07) is 15.5.